The first-order valence-electron chi connectivity index (χ1n) is 17.0. The molecule has 3 heterocycles. The van der Waals surface area contributed by atoms with Crippen LogP contribution < -0.4 is 0 Å². The van der Waals surface area contributed by atoms with Gasteiger partial charge in [-0.25, -0.2) is 9.97 Å². The zero-order valence-corrected chi connectivity index (χ0v) is 27.7. The number of pyridine rings is 1. The van der Waals surface area contributed by atoms with E-state index in [4.69, 9.17) is 9.97 Å². The molecule has 0 N–H and O–H groups in total. The minimum Gasteiger partial charge on any atom is -0.250 e. The second-order valence-electron chi connectivity index (χ2n) is 13.1. The average molecular weight is 654 g/mol. The van der Waals surface area contributed by atoms with Crippen LogP contribution in [0.5, 0.6) is 0 Å². The van der Waals surface area contributed by atoms with Gasteiger partial charge in [0.25, 0.3) is 0 Å². The molecule has 11 rings (SSSR count). The molecule has 0 saturated heterocycles. The Labute approximate surface area is 292 Å². The molecule has 50 heavy (non-hydrogen) atoms. The summed E-state index contributed by atoms with van der Waals surface area (Å²) in [6.45, 7) is 0. The molecule has 0 unspecified atom stereocenters. The molecular formula is C46H27N3S. The Morgan fingerprint density at radius 2 is 1.12 bits per heavy atom. The Bertz CT molecular complexity index is 2990. The molecule has 0 bridgehead atoms. The Hall–Kier alpha value is -6.23. The average Bonchev–Trinajstić information content (AvgIpc) is 3.76. The van der Waals surface area contributed by atoms with E-state index in [0.29, 0.717) is 0 Å². The van der Waals surface area contributed by atoms with Crippen LogP contribution in [-0.4, -0.2) is 15.0 Å². The molecule has 0 saturated carbocycles. The maximum Gasteiger partial charge on any atom is 0.116 e. The lowest BCUT2D eigenvalue weighted by atomic mass is 9.90. The maximum atomic E-state index is 5.25. The molecular weight excluding hydrogens is 627 g/mol. The second-order valence-corrected chi connectivity index (χ2v) is 14.2. The lowest BCUT2D eigenvalue weighted by Gasteiger charge is -2.13. The van der Waals surface area contributed by atoms with Gasteiger partial charge >= 0.3 is 0 Å². The zero-order valence-electron chi connectivity index (χ0n) is 26.9. The monoisotopic (exact) mass is 653 g/mol. The molecule has 0 radical (unpaired) electrons. The zero-order chi connectivity index (χ0) is 32.8. The molecule has 0 aliphatic heterocycles. The van der Waals surface area contributed by atoms with Gasteiger partial charge in [0.2, 0.25) is 0 Å². The van der Waals surface area contributed by atoms with Gasteiger partial charge in [0.1, 0.15) is 12.0 Å². The van der Waals surface area contributed by atoms with Crippen molar-refractivity contribution in [2.75, 3.05) is 0 Å². The first-order chi connectivity index (χ1) is 24.8. The van der Waals surface area contributed by atoms with Crippen LogP contribution in [0.25, 0.3) is 97.4 Å². The van der Waals surface area contributed by atoms with Crippen molar-refractivity contribution in [1.82, 2.24) is 15.0 Å². The van der Waals surface area contributed by atoms with Gasteiger partial charge in [0, 0.05) is 22.1 Å². The lowest BCUT2D eigenvalue weighted by Crippen LogP contribution is -1.94. The van der Waals surface area contributed by atoms with E-state index in [1.807, 2.05) is 0 Å². The number of rotatable bonds is 3. The Morgan fingerprint density at radius 3 is 1.94 bits per heavy atom. The summed E-state index contributed by atoms with van der Waals surface area (Å²) in [4.78, 5) is 14.6. The maximum absolute atomic E-state index is 5.25. The van der Waals surface area contributed by atoms with Gasteiger partial charge in [-0.05, 0) is 90.0 Å². The molecule has 10 aromatic rings. The molecule has 7 aromatic carbocycles. The van der Waals surface area contributed by atoms with Crippen LogP contribution >= 0.6 is 11.3 Å². The highest BCUT2D eigenvalue weighted by Gasteiger charge is 2.24. The van der Waals surface area contributed by atoms with E-state index in [1.54, 1.807) is 17.7 Å². The molecule has 4 heteroatoms. The topological polar surface area (TPSA) is 38.7 Å². The van der Waals surface area contributed by atoms with Crippen LogP contribution in [0, 0.1) is 0 Å². The predicted molar refractivity (Wildman–Crippen MR) is 210 cm³/mol. The van der Waals surface area contributed by atoms with Crippen molar-refractivity contribution in [3.63, 3.8) is 0 Å². The van der Waals surface area contributed by atoms with Crippen molar-refractivity contribution in [2.45, 2.75) is 6.42 Å². The van der Waals surface area contributed by atoms with Crippen molar-refractivity contribution < 1.29 is 0 Å². The van der Waals surface area contributed by atoms with Crippen LogP contribution in [0.2, 0.25) is 0 Å². The quantitative estimate of drug-likeness (QED) is 0.178. The standard InChI is InChI=1S/C46H27N3S/c1-2-13-33-31(11-1)32-12-3-4-14-34(32)39-24-28(19-20-36(33)39)27-9-7-10-29(23-27)30-16-8-17-35-37-21-22-41(49-42(37)25-40(30)35)45-46-44(47-26-48-45)38-15-5-6-18-43(38)50-46/h1-24,26H,25H2. The van der Waals surface area contributed by atoms with Gasteiger partial charge < -0.3 is 0 Å². The molecule has 0 spiro atoms. The number of benzene rings is 7. The van der Waals surface area contributed by atoms with E-state index in [2.05, 4.69) is 151 Å². The van der Waals surface area contributed by atoms with Crippen LogP contribution in [0.15, 0.2) is 152 Å². The fraction of sp³-hybridized carbons (Fsp3) is 0.0217. The third-order valence-corrected chi connectivity index (χ3v) is 11.6. The summed E-state index contributed by atoms with van der Waals surface area (Å²) in [7, 11) is 0. The highest BCUT2D eigenvalue weighted by molar-refractivity contribution is 7.26. The normalized spacial score (nSPS) is 12.3. The fourth-order valence-corrected chi connectivity index (χ4v) is 9.29. The molecule has 1 aliphatic rings. The Morgan fingerprint density at radius 1 is 0.460 bits per heavy atom. The van der Waals surface area contributed by atoms with Gasteiger partial charge in [-0.15, -0.1) is 11.3 Å². The van der Waals surface area contributed by atoms with Crippen LogP contribution in [0.1, 0.15) is 11.3 Å². The summed E-state index contributed by atoms with van der Waals surface area (Å²) < 4.78 is 2.30. The van der Waals surface area contributed by atoms with Gasteiger partial charge in [0.15, 0.2) is 0 Å². The van der Waals surface area contributed by atoms with Crippen molar-refractivity contribution in [3.05, 3.63) is 163 Å². The fourth-order valence-electron chi connectivity index (χ4n) is 8.14. The van der Waals surface area contributed by atoms with Crippen LogP contribution in [0.3, 0.4) is 0 Å². The van der Waals surface area contributed by atoms with E-state index in [1.165, 1.54) is 81.3 Å². The van der Waals surface area contributed by atoms with Crippen molar-refractivity contribution >= 4 is 64.0 Å². The first-order valence-corrected chi connectivity index (χ1v) is 17.8. The summed E-state index contributed by atoms with van der Waals surface area (Å²) in [6, 6.07) is 53.0. The summed E-state index contributed by atoms with van der Waals surface area (Å²) >= 11 is 1.74. The SMILES string of the molecule is c1cc(-c2ccc3c4ccccc4c4ccccc4c3c2)cc(-c2cccc3c2Cc2nc(-c4ncnc5c4sc4ccccc45)ccc2-3)c1. The number of aromatic nitrogens is 3. The van der Waals surface area contributed by atoms with Gasteiger partial charge in [-0.2, -0.15) is 0 Å². The number of fused-ring (bicyclic) bond motifs is 12. The number of nitrogens with zero attached hydrogens (tertiary/aromatic N) is 3. The summed E-state index contributed by atoms with van der Waals surface area (Å²) in [5.41, 5.74) is 12.6. The molecule has 3 aromatic heterocycles. The van der Waals surface area contributed by atoms with Gasteiger partial charge in [-0.3, -0.25) is 4.98 Å². The van der Waals surface area contributed by atoms with E-state index in [9.17, 15) is 0 Å². The molecule has 3 nitrogen and oxygen atoms in total. The third kappa shape index (κ3) is 4.06. The smallest absolute Gasteiger partial charge is 0.116 e. The minimum atomic E-state index is 0.786. The van der Waals surface area contributed by atoms with Crippen molar-refractivity contribution in [1.29, 1.82) is 0 Å². The highest BCUT2D eigenvalue weighted by atomic mass is 32.1. The van der Waals surface area contributed by atoms with Crippen molar-refractivity contribution in [2.24, 2.45) is 0 Å². The Balaban J connectivity index is 0.994. The van der Waals surface area contributed by atoms with Crippen LogP contribution in [-0.2, 0) is 6.42 Å². The van der Waals surface area contributed by atoms with Crippen LogP contribution in [0.4, 0.5) is 0 Å². The first kappa shape index (κ1) is 27.7. The lowest BCUT2D eigenvalue weighted by molar-refractivity contribution is 1.11. The Kier molecular flexibility index (Phi) is 5.89. The summed E-state index contributed by atoms with van der Waals surface area (Å²) in [5, 5.41) is 8.94. The van der Waals surface area contributed by atoms with E-state index in [0.717, 1.165) is 33.7 Å². The largest absolute Gasteiger partial charge is 0.250 e. The molecule has 232 valence electrons. The molecule has 0 amide bonds. The second kappa shape index (κ2) is 10.6. The predicted octanol–water partition coefficient (Wildman–Crippen LogP) is 12.3. The molecule has 0 fully saturated rings. The van der Waals surface area contributed by atoms with E-state index >= 15 is 0 Å². The summed E-state index contributed by atoms with van der Waals surface area (Å²) in [6.07, 6.45) is 2.46. The molecule has 1 aliphatic carbocycles. The van der Waals surface area contributed by atoms with E-state index < -0.39 is 0 Å². The van der Waals surface area contributed by atoms with Gasteiger partial charge in [-0.1, -0.05) is 121 Å². The summed E-state index contributed by atoms with van der Waals surface area (Å²) in [5.74, 6) is 0. The number of hydrogen-bond acceptors (Lipinski definition) is 4. The third-order valence-electron chi connectivity index (χ3n) is 10.4. The van der Waals surface area contributed by atoms with Crippen molar-refractivity contribution in [3.8, 4) is 44.8 Å². The van der Waals surface area contributed by atoms with E-state index in [-0.39, 0.29) is 0 Å². The van der Waals surface area contributed by atoms with Gasteiger partial charge in [0.05, 0.1) is 21.6 Å². The minimum absolute atomic E-state index is 0.786. The number of thiophene rings is 1. The number of hydrogen-bond donors (Lipinski definition) is 0. The molecule has 0 atom stereocenters. The highest BCUT2D eigenvalue weighted by Crippen LogP contribution is 2.44.